The SMILES string of the molecule is O=C(NN1C(=O)c2ccccc2SC1c1ccccc1O)c1ccco1. The first kappa shape index (κ1) is 16.3. The number of para-hydroxylation sites is 1. The number of nitrogens with zero attached hydrogens (tertiary/aromatic N) is 1. The molecule has 2 heterocycles. The van der Waals surface area contributed by atoms with Crippen LogP contribution in [0, 0.1) is 0 Å². The van der Waals surface area contributed by atoms with Crippen molar-refractivity contribution in [1.82, 2.24) is 10.4 Å². The third-order valence-electron chi connectivity index (χ3n) is 3.98. The van der Waals surface area contributed by atoms with E-state index in [0.29, 0.717) is 11.1 Å². The molecule has 7 heteroatoms. The number of furan rings is 1. The number of phenols is 1. The van der Waals surface area contributed by atoms with E-state index in [1.165, 1.54) is 29.1 Å². The number of nitrogens with one attached hydrogen (secondary N) is 1. The lowest BCUT2D eigenvalue weighted by atomic mass is 10.1. The Morgan fingerprint density at radius 2 is 1.85 bits per heavy atom. The van der Waals surface area contributed by atoms with Gasteiger partial charge in [0.25, 0.3) is 5.91 Å². The number of thioether (sulfide) groups is 1. The topological polar surface area (TPSA) is 82.8 Å². The monoisotopic (exact) mass is 366 g/mol. The molecule has 1 aromatic heterocycles. The smallest absolute Gasteiger partial charge is 0.305 e. The highest BCUT2D eigenvalue weighted by molar-refractivity contribution is 7.99. The molecule has 0 bridgehead atoms. The second kappa shape index (κ2) is 6.61. The van der Waals surface area contributed by atoms with E-state index in [2.05, 4.69) is 5.43 Å². The maximum absolute atomic E-state index is 13.0. The average Bonchev–Trinajstić information content (AvgIpc) is 3.19. The fraction of sp³-hybridized carbons (Fsp3) is 0.0526. The average molecular weight is 366 g/mol. The van der Waals surface area contributed by atoms with Crippen LogP contribution in [-0.4, -0.2) is 21.9 Å². The summed E-state index contributed by atoms with van der Waals surface area (Å²) in [6.07, 6.45) is 1.39. The van der Waals surface area contributed by atoms with Gasteiger partial charge in [-0.15, -0.1) is 0 Å². The van der Waals surface area contributed by atoms with E-state index in [9.17, 15) is 14.7 Å². The molecule has 130 valence electrons. The van der Waals surface area contributed by atoms with E-state index >= 15 is 0 Å². The second-order valence-corrected chi connectivity index (χ2v) is 6.74. The van der Waals surface area contributed by atoms with E-state index in [1.54, 1.807) is 42.5 Å². The van der Waals surface area contributed by atoms with Gasteiger partial charge in [-0.05, 0) is 30.3 Å². The second-order valence-electron chi connectivity index (χ2n) is 5.62. The van der Waals surface area contributed by atoms with Gasteiger partial charge in [0.1, 0.15) is 11.1 Å². The molecule has 1 aliphatic rings. The molecular formula is C19H14N2O4S. The maximum Gasteiger partial charge on any atom is 0.305 e. The van der Waals surface area contributed by atoms with Gasteiger partial charge in [0.15, 0.2) is 5.76 Å². The van der Waals surface area contributed by atoms with Crippen LogP contribution in [0.25, 0.3) is 0 Å². The lowest BCUT2D eigenvalue weighted by molar-refractivity contribution is 0.0535. The Bertz CT molecular complexity index is 971. The Morgan fingerprint density at radius 1 is 1.08 bits per heavy atom. The van der Waals surface area contributed by atoms with Crippen molar-refractivity contribution < 1.29 is 19.1 Å². The largest absolute Gasteiger partial charge is 0.508 e. The summed E-state index contributed by atoms with van der Waals surface area (Å²) in [7, 11) is 0. The molecular weight excluding hydrogens is 352 g/mol. The number of carbonyl (C=O) groups is 2. The van der Waals surface area contributed by atoms with Crippen molar-refractivity contribution >= 4 is 23.6 Å². The predicted octanol–water partition coefficient (Wildman–Crippen LogP) is 3.58. The Labute approximate surface area is 153 Å². The minimum Gasteiger partial charge on any atom is -0.508 e. The zero-order valence-electron chi connectivity index (χ0n) is 13.5. The maximum atomic E-state index is 13.0. The fourth-order valence-corrected chi connectivity index (χ4v) is 4.00. The van der Waals surface area contributed by atoms with E-state index < -0.39 is 11.3 Å². The highest BCUT2D eigenvalue weighted by atomic mass is 32.2. The van der Waals surface area contributed by atoms with Crippen molar-refractivity contribution in [3.8, 4) is 5.75 Å². The van der Waals surface area contributed by atoms with Crippen molar-refractivity contribution in [2.24, 2.45) is 0 Å². The minimum absolute atomic E-state index is 0.0504. The van der Waals surface area contributed by atoms with E-state index in [-0.39, 0.29) is 17.4 Å². The van der Waals surface area contributed by atoms with Gasteiger partial charge in [0.2, 0.25) is 0 Å². The van der Waals surface area contributed by atoms with Crippen molar-refractivity contribution in [3.05, 3.63) is 83.8 Å². The summed E-state index contributed by atoms with van der Waals surface area (Å²) in [6, 6.07) is 17.0. The quantitative estimate of drug-likeness (QED) is 0.740. The van der Waals surface area contributed by atoms with Gasteiger partial charge in [0.05, 0.1) is 11.8 Å². The fourth-order valence-electron chi connectivity index (χ4n) is 2.74. The van der Waals surface area contributed by atoms with Crippen LogP contribution < -0.4 is 5.43 Å². The van der Waals surface area contributed by atoms with Crippen LogP contribution in [0.2, 0.25) is 0 Å². The van der Waals surface area contributed by atoms with Gasteiger partial charge in [0, 0.05) is 10.5 Å². The van der Waals surface area contributed by atoms with Crippen molar-refractivity contribution in [1.29, 1.82) is 0 Å². The summed E-state index contributed by atoms with van der Waals surface area (Å²) >= 11 is 1.38. The molecule has 0 radical (unpaired) electrons. The molecule has 0 spiro atoms. The number of rotatable bonds is 3. The van der Waals surface area contributed by atoms with Gasteiger partial charge in [-0.2, -0.15) is 0 Å². The Morgan fingerprint density at radius 3 is 2.62 bits per heavy atom. The number of phenolic OH excluding ortho intramolecular Hbond substituents is 1. The summed E-state index contributed by atoms with van der Waals surface area (Å²) < 4.78 is 5.10. The third kappa shape index (κ3) is 2.82. The van der Waals surface area contributed by atoms with Crippen LogP contribution in [0.15, 0.2) is 76.2 Å². The molecule has 26 heavy (non-hydrogen) atoms. The Balaban J connectivity index is 1.75. The molecule has 0 saturated carbocycles. The summed E-state index contributed by atoms with van der Waals surface area (Å²) in [4.78, 5) is 26.2. The van der Waals surface area contributed by atoms with Crippen molar-refractivity contribution in [3.63, 3.8) is 0 Å². The molecule has 0 aliphatic carbocycles. The molecule has 1 aliphatic heterocycles. The zero-order valence-corrected chi connectivity index (χ0v) is 14.3. The number of hydrogen-bond acceptors (Lipinski definition) is 5. The highest BCUT2D eigenvalue weighted by Gasteiger charge is 2.36. The van der Waals surface area contributed by atoms with Crippen LogP contribution in [0.1, 0.15) is 31.9 Å². The third-order valence-corrected chi connectivity index (χ3v) is 5.28. The van der Waals surface area contributed by atoms with Crippen LogP contribution in [0.5, 0.6) is 5.75 Å². The first-order valence-electron chi connectivity index (χ1n) is 7.87. The minimum atomic E-state index is -0.613. The van der Waals surface area contributed by atoms with Crippen molar-refractivity contribution in [2.75, 3.05) is 0 Å². The zero-order chi connectivity index (χ0) is 18.1. The Hall–Kier alpha value is -3.19. The summed E-state index contributed by atoms with van der Waals surface area (Å²) in [5.74, 6) is -0.747. The number of aromatic hydroxyl groups is 1. The normalized spacial score (nSPS) is 16.2. The van der Waals surface area contributed by atoms with Gasteiger partial charge in [-0.1, -0.05) is 42.1 Å². The Kier molecular flexibility index (Phi) is 4.14. The standard InChI is InChI=1S/C19H14N2O4S/c22-14-8-3-1-6-12(14)19-21(20-17(23)15-9-5-11-25-15)18(24)13-7-2-4-10-16(13)26-19/h1-11,19,22H,(H,20,23). The van der Waals surface area contributed by atoms with Gasteiger partial charge in [-0.3, -0.25) is 15.0 Å². The molecule has 4 rings (SSSR count). The summed E-state index contributed by atoms with van der Waals surface area (Å²) in [5, 5.41) is 10.9. The first-order chi connectivity index (χ1) is 12.6. The summed E-state index contributed by atoms with van der Waals surface area (Å²) in [5.41, 5.74) is 3.62. The number of hydrazine groups is 1. The molecule has 3 aromatic rings. The molecule has 0 fully saturated rings. The van der Waals surface area contributed by atoms with E-state index in [1.807, 2.05) is 12.1 Å². The van der Waals surface area contributed by atoms with Gasteiger partial charge < -0.3 is 9.52 Å². The van der Waals surface area contributed by atoms with Crippen molar-refractivity contribution in [2.45, 2.75) is 10.3 Å². The van der Waals surface area contributed by atoms with Crippen LogP contribution >= 0.6 is 11.8 Å². The van der Waals surface area contributed by atoms with Gasteiger partial charge >= 0.3 is 5.91 Å². The highest BCUT2D eigenvalue weighted by Crippen LogP contribution is 2.46. The molecule has 0 saturated heterocycles. The number of hydrogen-bond donors (Lipinski definition) is 2. The number of benzene rings is 2. The number of fused-ring (bicyclic) bond motifs is 1. The van der Waals surface area contributed by atoms with E-state index in [4.69, 9.17) is 4.42 Å². The van der Waals surface area contributed by atoms with E-state index in [0.717, 1.165) is 4.90 Å². The van der Waals surface area contributed by atoms with Crippen LogP contribution in [0.3, 0.4) is 0 Å². The van der Waals surface area contributed by atoms with Gasteiger partial charge in [-0.25, -0.2) is 5.01 Å². The number of carbonyl (C=O) groups excluding carboxylic acids is 2. The molecule has 1 atom stereocenters. The summed E-state index contributed by atoms with van der Waals surface area (Å²) in [6.45, 7) is 0. The lowest BCUT2D eigenvalue weighted by Crippen LogP contribution is -2.49. The van der Waals surface area contributed by atoms with Crippen LogP contribution in [0.4, 0.5) is 0 Å². The molecule has 2 N–H and O–H groups in total. The lowest BCUT2D eigenvalue weighted by Gasteiger charge is -2.35. The predicted molar refractivity (Wildman–Crippen MR) is 95.5 cm³/mol. The van der Waals surface area contributed by atoms with Crippen LogP contribution in [-0.2, 0) is 0 Å². The number of amides is 2. The first-order valence-corrected chi connectivity index (χ1v) is 8.75. The molecule has 2 aromatic carbocycles. The molecule has 6 nitrogen and oxygen atoms in total. The molecule has 2 amide bonds. The molecule has 1 unspecified atom stereocenters.